The predicted octanol–water partition coefficient (Wildman–Crippen LogP) is 2.32. The Labute approximate surface area is 157 Å². The fourth-order valence-electron chi connectivity index (χ4n) is 2.41. The van der Waals surface area contributed by atoms with E-state index in [0.717, 1.165) is 0 Å². The lowest BCUT2D eigenvalue weighted by molar-refractivity contribution is -0.131. The molecule has 0 aromatic heterocycles. The van der Waals surface area contributed by atoms with Crippen molar-refractivity contribution in [1.29, 1.82) is 0 Å². The number of amides is 2. The summed E-state index contributed by atoms with van der Waals surface area (Å²) >= 11 is 0. The Morgan fingerprint density at radius 3 is 2.67 bits per heavy atom. The van der Waals surface area contributed by atoms with Gasteiger partial charge in [-0.1, -0.05) is 32.0 Å². The van der Waals surface area contributed by atoms with Gasteiger partial charge in [-0.2, -0.15) is 0 Å². The molecule has 0 spiro atoms. The van der Waals surface area contributed by atoms with E-state index >= 15 is 0 Å². The topological polar surface area (TPSA) is 85.9 Å². The minimum absolute atomic E-state index is 0.0667. The Balaban J connectivity index is 1.53. The fourth-order valence-corrected chi connectivity index (χ4v) is 2.41. The highest BCUT2D eigenvalue weighted by Gasteiger charge is 2.27. The van der Waals surface area contributed by atoms with Crippen LogP contribution in [0.1, 0.15) is 24.2 Å². The van der Waals surface area contributed by atoms with Crippen LogP contribution in [0.2, 0.25) is 0 Å². The summed E-state index contributed by atoms with van der Waals surface area (Å²) in [5, 5.41) is 0. The first kappa shape index (κ1) is 18.6. The van der Waals surface area contributed by atoms with Crippen molar-refractivity contribution in [3.05, 3.63) is 54.1 Å². The lowest BCUT2D eigenvalue weighted by atomic mass is 10.2. The van der Waals surface area contributed by atoms with Crippen LogP contribution in [-0.2, 0) is 4.79 Å². The molecule has 3 rings (SSSR count). The lowest BCUT2D eigenvalue weighted by Crippen LogP contribution is -2.50. The number of nitrogens with one attached hydrogen (secondary N) is 2. The molecule has 0 bridgehead atoms. The van der Waals surface area contributed by atoms with Gasteiger partial charge in [0.1, 0.15) is 12.4 Å². The third-order valence-corrected chi connectivity index (χ3v) is 3.78. The number of para-hydroxylation sites is 2. The number of benzene rings is 2. The summed E-state index contributed by atoms with van der Waals surface area (Å²) in [7, 11) is 0. The van der Waals surface area contributed by atoms with Gasteiger partial charge >= 0.3 is 0 Å². The van der Waals surface area contributed by atoms with Gasteiger partial charge in [-0.15, -0.1) is 0 Å². The maximum absolute atomic E-state index is 12.3. The molecule has 27 heavy (non-hydrogen) atoms. The summed E-state index contributed by atoms with van der Waals surface area (Å²) in [6, 6.07) is 13.9. The zero-order valence-corrected chi connectivity index (χ0v) is 15.2. The number of rotatable bonds is 5. The van der Waals surface area contributed by atoms with Crippen LogP contribution in [-0.4, -0.2) is 31.1 Å². The third-order valence-electron chi connectivity index (χ3n) is 3.78. The van der Waals surface area contributed by atoms with Gasteiger partial charge in [0.05, 0.1) is 6.61 Å². The van der Waals surface area contributed by atoms with Crippen LogP contribution < -0.4 is 25.1 Å². The fraction of sp³-hybridized carbons (Fsp3) is 0.300. The van der Waals surface area contributed by atoms with Crippen molar-refractivity contribution in [2.75, 3.05) is 13.2 Å². The van der Waals surface area contributed by atoms with Crippen molar-refractivity contribution in [1.82, 2.24) is 10.9 Å². The first-order valence-corrected chi connectivity index (χ1v) is 8.74. The molecule has 0 fully saturated rings. The van der Waals surface area contributed by atoms with Crippen molar-refractivity contribution in [2.24, 2.45) is 5.92 Å². The number of carbonyl (C=O) groups excluding carboxylic acids is 2. The van der Waals surface area contributed by atoms with Crippen molar-refractivity contribution < 1.29 is 23.8 Å². The van der Waals surface area contributed by atoms with Gasteiger partial charge in [-0.05, 0) is 36.2 Å². The number of hydrogen-bond donors (Lipinski definition) is 2. The van der Waals surface area contributed by atoms with Gasteiger partial charge in [-0.25, -0.2) is 0 Å². The van der Waals surface area contributed by atoms with Crippen molar-refractivity contribution in [2.45, 2.75) is 20.0 Å². The largest absolute Gasteiger partial charge is 0.493 e. The summed E-state index contributed by atoms with van der Waals surface area (Å²) < 4.78 is 16.7. The SMILES string of the molecule is CC(C)COc1cccc(C(=O)NNC(=O)[C@H]2COc3ccccc3O2)c1. The lowest BCUT2D eigenvalue weighted by Gasteiger charge is -2.25. The summed E-state index contributed by atoms with van der Waals surface area (Å²) in [4.78, 5) is 24.5. The van der Waals surface area contributed by atoms with E-state index in [1.807, 2.05) is 19.9 Å². The Hall–Kier alpha value is -3.22. The van der Waals surface area contributed by atoms with Gasteiger partial charge in [0, 0.05) is 5.56 Å². The molecule has 0 aliphatic carbocycles. The second-order valence-corrected chi connectivity index (χ2v) is 6.54. The Morgan fingerprint density at radius 2 is 1.89 bits per heavy atom. The quantitative estimate of drug-likeness (QED) is 0.789. The van der Waals surface area contributed by atoms with Crippen LogP contribution in [0.25, 0.3) is 0 Å². The minimum atomic E-state index is -0.846. The normalized spacial score (nSPS) is 15.1. The van der Waals surface area contributed by atoms with E-state index in [-0.39, 0.29) is 6.61 Å². The molecule has 0 unspecified atom stereocenters. The van der Waals surface area contributed by atoms with Crippen LogP contribution in [0.3, 0.4) is 0 Å². The standard InChI is InChI=1S/C20H22N2O5/c1-13(2)11-25-15-7-5-6-14(10-15)19(23)21-22-20(24)18-12-26-16-8-3-4-9-17(16)27-18/h3-10,13,18H,11-12H2,1-2H3,(H,21,23)(H,22,24)/t18-/m1/s1. The molecule has 2 amide bonds. The molecule has 2 aromatic carbocycles. The highest BCUT2D eigenvalue weighted by Crippen LogP contribution is 2.30. The molecule has 2 N–H and O–H groups in total. The predicted molar refractivity (Wildman–Crippen MR) is 98.7 cm³/mol. The zero-order chi connectivity index (χ0) is 19.2. The molecule has 7 heteroatoms. The molecule has 2 aromatic rings. The van der Waals surface area contributed by atoms with E-state index in [4.69, 9.17) is 14.2 Å². The molecule has 0 saturated carbocycles. The molecule has 1 heterocycles. The van der Waals surface area contributed by atoms with Crippen molar-refractivity contribution in [3.8, 4) is 17.2 Å². The highest BCUT2D eigenvalue weighted by atomic mass is 16.6. The van der Waals surface area contributed by atoms with Crippen LogP contribution in [0.15, 0.2) is 48.5 Å². The van der Waals surface area contributed by atoms with E-state index < -0.39 is 17.9 Å². The summed E-state index contributed by atoms with van der Waals surface area (Å²) in [5.41, 5.74) is 5.13. The molecule has 0 radical (unpaired) electrons. The number of fused-ring (bicyclic) bond motifs is 1. The van der Waals surface area contributed by atoms with Gasteiger partial charge in [0.15, 0.2) is 11.5 Å². The molecular formula is C20H22N2O5. The second-order valence-electron chi connectivity index (χ2n) is 6.54. The second kappa shape index (κ2) is 8.44. The average Bonchev–Trinajstić information content (AvgIpc) is 2.70. The van der Waals surface area contributed by atoms with E-state index in [1.165, 1.54) is 0 Å². The maximum atomic E-state index is 12.3. The van der Waals surface area contributed by atoms with Crippen molar-refractivity contribution >= 4 is 11.8 Å². The number of carbonyl (C=O) groups is 2. The molecule has 7 nitrogen and oxygen atoms in total. The Bertz CT molecular complexity index is 822. The number of hydrogen-bond acceptors (Lipinski definition) is 5. The molecular weight excluding hydrogens is 348 g/mol. The molecule has 142 valence electrons. The van der Waals surface area contributed by atoms with Crippen LogP contribution >= 0.6 is 0 Å². The molecule has 1 aliphatic rings. The van der Waals surface area contributed by atoms with Crippen LogP contribution in [0.4, 0.5) is 0 Å². The average molecular weight is 370 g/mol. The first-order chi connectivity index (χ1) is 13.0. The summed E-state index contributed by atoms with van der Waals surface area (Å²) in [5.74, 6) is 1.11. The van der Waals surface area contributed by atoms with E-state index in [0.29, 0.717) is 35.3 Å². The summed E-state index contributed by atoms with van der Waals surface area (Å²) in [6.45, 7) is 4.71. The van der Waals surface area contributed by atoms with Crippen molar-refractivity contribution in [3.63, 3.8) is 0 Å². The third kappa shape index (κ3) is 4.91. The van der Waals surface area contributed by atoms with Gasteiger partial charge in [-0.3, -0.25) is 20.4 Å². The van der Waals surface area contributed by atoms with E-state index in [2.05, 4.69) is 10.9 Å². The Kier molecular flexibility index (Phi) is 5.80. The molecule has 0 saturated heterocycles. The van der Waals surface area contributed by atoms with Crippen LogP contribution in [0.5, 0.6) is 17.2 Å². The first-order valence-electron chi connectivity index (χ1n) is 8.74. The van der Waals surface area contributed by atoms with E-state index in [9.17, 15) is 9.59 Å². The van der Waals surface area contributed by atoms with Gasteiger partial charge in [0.2, 0.25) is 6.10 Å². The Morgan fingerprint density at radius 1 is 1.11 bits per heavy atom. The monoisotopic (exact) mass is 370 g/mol. The van der Waals surface area contributed by atoms with E-state index in [1.54, 1.807) is 42.5 Å². The summed E-state index contributed by atoms with van der Waals surface area (Å²) in [6.07, 6.45) is -0.846. The number of ether oxygens (including phenoxy) is 3. The highest BCUT2D eigenvalue weighted by molar-refractivity contribution is 5.96. The number of hydrazine groups is 1. The molecule has 1 atom stereocenters. The smallest absolute Gasteiger partial charge is 0.283 e. The van der Waals surface area contributed by atoms with Crippen LogP contribution in [0, 0.1) is 5.92 Å². The minimum Gasteiger partial charge on any atom is -0.493 e. The molecule has 1 aliphatic heterocycles. The van der Waals surface area contributed by atoms with Gasteiger partial charge in [0.25, 0.3) is 11.8 Å². The maximum Gasteiger partial charge on any atom is 0.283 e. The van der Waals surface area contributed by atoms with Gasteiger partial charge < -0.3 is 14.2 Å². The zero-order valence-electron chi connectivity index (χ0n) is 15.2.